The predicted octanol–water partition coefficient (Wildman–Crippen LogP) is 4.66. The Hall–Kier alpha value is -2.71. The average molecular weight is 441 g/mol. The van der Waals surface area contributed by atoms with Gasteiger partial charge < -0.3 is 24.3 Å². The fraction of sp³-hybridized carbons (Fsp3) is 0.682. The molecule has 1 heterocycles. The van der Waals surface area contributed by atoms with Gasteiger partial charge in [0.2, 0.25) is 0 Å². The molecule has 0 spiro atoms. The molecule has 31 heavy (non-hydrogen) atoms. The molecule has 0 aliphatic rings. The van der Waals surface area contributed by atoms with Gasteiger partial charge in [-0.3, -0.25) is 4.57 Å². The van der Waals surface area contributed by atoms with E-state index in [4.69, 9.17) is 18.9 Å². The van der Waals surface area contributed by atoms with Gasteiger partial charge in [0.15, 0.2) is 0 Å². The van der Waals surface area contributed by atoms with Crippen LogP contribution in [0.4, 0.5) is 14.4 Å². The topological polar surface area (TPSA) is 105 Å². The van der Waals surface area contributed by atoms with E-state index >= 15 is 0 Å². The summed E-state index contributed by atoms with van der Waals surface area (Å²) in [5.41, 5.74) is -1.50. The zero-order chi connectivity index (χ0) is 24.0. The summed E-state index contributed by atoms with van der Waals surface area (Å²) in [6.07, 6.45) is -0.306. The molecule has 9 heteroatoms. The molecule has 176 valence electrons. The lowest BCUT2D eigenvalue weighted by Gasteiger charge is -2.25. The van der Waals surface area contributed by atoms with E-state index in [1.807, 2.05) is 0 Å². The average Bonchev–Trinajstić information content (AvgIpc) is 2.95. The molecule has 9 nitrogen and oxygen atoms in total. The summed E-state index contributed by atoms with van der Waals surface area (Å²) < 4.78 is 22.4. The van der Waals surface area contributed by atoms with Crippen molar-refractivity contribution in [3.63, 3.8) is 0 Å². The van der Waals surface area contributed by atoms with E-state index < -0.39 is 41.2 Å². The quantitative estimate of drug-likeness (QED) is 0.524. The molecule has 0 radical (unpaired) electrons. The van der Waals surface area contributed by atoms with Crippen molar-refractivity contribution < 1.29 is 33.3 Å². The maximum absolute atomic E-state index is 12.5. The summed E-state index contributed by atoms with van der Waals surface area (Å²) in [5, 5.41) is 2.69. The van der Waals surface area contributed by atoms with Crippen LogP contribution in [0.5, 0.6) is 0 Å². The second-order valence-corrected chi connectivity index (χ2v) is 10.2. The highest BCUT2D eigenvalue weighted by molar-refractivity contribution is 5.72. The molecule has 0 fully saturated rings. The number of amides is 1. The molecular formula is C22H36N2O7. The van der Waals surface area contributed by atoms with E-state index in [1.165, 1.54) is 4.57 Å². The van der Waals surface area contributed by atoms with Gasteiger partial charge in [0.1, 0.15) is 23.4 Å². The molecule has 1 aromatic heterocycles. The third-order valence-corrected chi connectivity index (χ3v) is 3.39. The molecular weight excluding hydrogens is 404 g/mol. The summed E-state index contributed by atoms with van der Waals surface area (Å²) in [4.78, 5) is 36.7. The fourth-order valence-corrected chi connectivity index (χ4v) is 2.40. The van der Waals surface area contributed by atoms with E-state index in [-0.39, 0.29) is 13.0 Å². The number of rotatable bonds is 5. The van der Waals surface area contributed by atoms with Crippen LogP contribution in [0.1, 0.15) is 68.0 Å². The number of aromatic nitrogens is 1. The van der Waals surface area contributed by atoms with Crippen LogP contribution in [0.15, 0.2) is 18.3 Å². The van der Waals surface area contributed by atoms with Gasteiger partial charge in [-0.05, 0) is 74.4 Å². The van der Waals surface area contributed by atoms with Crippen LogP contribution < -0.4 is 5.32 Å². The number of carbonyl (C=O) groups is 3. The SMILES string of the molecule is CC(C)(C)OC(=O)N[C@H](COC(=O)OC(C)(C)C)Cc1cccn1C(=O)OC(C)(C)C. The number of alkyl carbamates (subject to hydrolysis) is 1. The van der Waals surface area contributed by atoms with Crippen LogP contribution in [0.2, 0.25) is 0 Å². The van der Waals surface area contributed by atoms with Crippen LogP contribution >= 0.6 is 0 Å². The Bertz CT molecular complexity index is 764. The molecule has 1 amide bonds. The largest absolute Gasteiger partial charge is 0.508 e. The van der Waals surface area contributed by atoms with Crippen LogP contribution in [0.25, 0.3) is 0 Å². The summed E-state index contributed by atoms with van der Waals surface area (Å²) in [7, 11) is 0. The first-order chi connectivity index (χ1) is 14.0. The monoisotopic (exact) mass is 440 g/mol. The second-order valence-electron chi connectivity index (χ2n) is 10.2. The molecule has 1 aromatic rings. The van der Waals surface area contributed by atoms with Crippen LogP contribution in [-0.2, 0) is 25.4 Å². The Morgan fingerprint density at radius 1 is 0.903 bits per heavy atom. The number of carbonyl (C=O) groups excluding carboxylic acids is 3. The number of nitrogens with zero attached hydrogens (tertiary/aromatic N) is 1. The van der Waals surface area contributed by atoms with Crippen LogP contribution in [0, 0.1) is 0 Å². The lowest BCUT2D eigenvalue weighted by molar-refractivity contribution is -0.0121. The van der Waals surface area contributed by atoms with Gasteiger partial charge in [-0.1, -0.05) is 0 Å². The number of hydrogen-bond donors (Lipinski definition) is 1. The molecule has 1 rings (SSSR count). The second kappa shape index (κ2) is 10.1. The zero-order valence-electron chi connectivity index (χ0n) is 20.0. The first-order valence-corrected chi connectivity index (χ1v) is 10.2. The van der Waals surface area contributed by atoms with Crippen molar-refractivity contribution in [2.45, 2.75) is 91.6 Å². The Morgan fingerprint density at radius 3 is 1.97 bits per heavy atom. The standard InChI is InChI=1S/C22H36N2O7/c1-20(2,3)29-17(25)23-15(14-28-19(27)31-22(7,8)9)13-16-11-10-12-24(16)18(26)30-21(4,5)6/h10-12,15H,13-14H2,1-9H3,(H,23,25)/t15-/m0/s1. The van der Waals surface area contributed by atoms with Crippen molar-refractivity contribution in [2.24, 2.45) is 0 Å². The molecule has 0 aliphatic carbocycles. The van der Waals surface area contributed by atoms with E-state index in [0.29, 0.717) is 5.69 Å². The minimum absolute atomic E-state index is 0.173. The first kappa shape index (κ1) is 26.3. The van der Waals surface area contributed by atoms with Crippen molar-refractivity contribution in [3.05, 3.63) is 24.0 Å². The molecule has 1 atom stereocenters. The smallest absolute Gasteiger partial charge is 0.444 e. The van der Waals surface area contributed by atoms with Gasteiger partial charge in [-0.2, -0.15) is 0 Å². The van der Waals surface area contributed by atoms with Gasteiger partial charge in [-0.15, -0.1) is 0 Å². The fourth-order valence-electron chi connectivity index (χ4n) is 2.40. The van der Waals surface area contributed by atoms with Gasteiger partial charge in [0, 0.05) is 18.3 Å². The lowest BCUT2D eigenvalue weighted by atomic mass is 10.1. The van der Waals surface area contributed by atoms with Gasteiger partial charge in [0.25, 0.3) is 0 Å². The van der Waals surface area contributed by atoms with Crippen LogP contribution in [0.3, 0.4) is 0 Å². The summed E-state index contributed by atoms with van der Waals surface area (Å²) >= 11 is 0. The molecule has 1 N–H and O–H groups in total. The Balaban J connectivity index is 2.94. The normalized spacial score (nSPS) is 13.2. The minimum Gasteiger partial charge on any atom is -0.444 e. The number of nitrogens with one attached hydrogen (secondary N) is 1. The van der Waals surface area contributed by atoms with Gasteiger partial charge >= 0.3 is 18.3 Å². The van der Waals surface area contributed by atoms with E-state index in [1.54, 1.807) is 80.6 Å². The lowest BCUT2D eigenvalue weighted by Crippen LogP contribution is -2.44. The summed E-state index contributed by atoms with van der Waals surface area (Å²) in [6, 6.07) is 2.75. The zero-order valence-corrected chi connectivity index (χ0v) is 20.0. The van der Waals surface area contributed by atoms with Crippen molar-refractivity contribution >= 4 is 18.3 Å². The Labute approximate surface area is 184 Å². The van der Waals surface area contributed by atoms with E-state index in [2.05, 4.69) is 5.32 Å². The van der Waals surface area contributed by atoms with Crippen molar-refractivity contribution in [3.8, 4) is 0 Å². The highest BCUT2D eigenvalue weighted by Gasteiger charge is 2.25. The first-order valence-electron chi connectivity index (χ1n) is 10.2. The van der Waals surface area contributed by atoms with Crippen molar-refractivity contribution in [1.29, 1.82) is 0 Å². The molecule has 0 bridgehead atoms. The van der Waals surface area contributed by atoms with Crippen molar-refractivity contribution in [2.75, 3.05) is 6.61 Å². The third-order valence-electron chi connectivity index (χ3n) is 3.39. The van der Waals surface area contributed by atoms with Crippen LogP contribution in [-0.4, -0.2) is 52.4 Å². The molecule has 0 unspecified atom stereocenters. The summed E-state index contributed by atoms with van der Waals surface area (Å²) in [6.45, 7) is 15.5. The Morgan fingerprint density at radius 2 is 1.45 bits per heavy atom. The van der Waals surface area contributed by atoms with E-state index in [0.717, 1.165) is 0 Å². The van der Waals surface area contributed by atoms with Gasteiger partial charge in [0.05, 0.1) is 6.04 Å². The predicted molar refractivity (Wildman–Crippen MR) is 115 cm³/mol. The third kappa shape index (κ3) is 11.3. The van der Waals surface area contributed by atoms with E-state index in [9.17, 15) is 14.4 Å². The highest BCUT2D eigenvalue weighted by Crippen LogP contribution is 2.14. The maximum Gasteiger partial charge on any atom is 0.508 e. The highest BCUT2D eigenvalue weighted by atomic mass is 16.7. The summed E-state index contributed by atoms with van der Waals surface area (Å²) in [5.74, 6) is 0. The molecule has 0 saturated heterocycles. The number of ether oxygens (including phenoxy) is 4. The Kier molecular flexibility index (Phi) is 8.55. The molecule has 0 aromatic carbocycles. The minimum atomic E-state index is -0.856. The molecule has 0 saturated carbocycles. The van der Waals surface area contributed by atoms with Crippen molar-refractivity contribution in [1.82, 2.24) is 9.88 Å². The van der Waals surface area contributed by atoms with Gasteiger partial charge in [-0.25, -0.2) is 14.4 Å². The maximum atomic E-state index is 12.5. The number of hydrogen-bond acceptors (Lipinski definition) is 7. The molecule has 0 aliphatic heterocycles.